The van der Waals surface area contributed by atoms with Gasteiger partial charge in [0, 0.05) is 0 Å². The first-order chi connectivity index (χ1) is 13.1. The van der Waals surface area contributed by atoms with Crippen molar-refractivity contribution in [2.45, 2.75) is 18.7 Å². The number of methoxy groups -OCH3 is 1. The zero-order valence-electron chi connectivity index (χ0n) is 15.1. The molecule has 0 atom stereocenters. The van der Waals surface area contributed by atoms with Gasteiger partial charge in [-0.15, -0.1) is 5.10 Å². The lowest BCUT2D eigenvalue weighted by molar-refractivity contribution is -0.113. The van der Waals surface area contributed by atoms with Crippen molar-refractivity contribution in [2.24, 2.45) is 0 Å². The maximum atomic E-state index is 12.2. The van der Waals surface area contributed by atoms with Crippen LogP contribution in [0.3, 0.4) is 0 Å². The molecule has 0 saturated heterocycles. The lowest BCUT2D eigenvalue weighted by Crippen LogP contribution is -2.15. The maximum absolute atomic E-state index is 12.2. The van der Waals surface area contributed by atoms with Crippen LogP contribution < -0.4 is 14.8 Å². The minimum atomic E-state index is -0.157. The highest BCUT2D eigenvalue weighted by molar-refractivity contribution is 7.99. The van der Waals surface area contributed by atoms with Crippen molar-refractivity contribution >= 4 is 23.4 Å². The summed E-state index contributed by atoms with van der Waals surface area (Å²) in [6.45, 7) is 2.24. The van der Waals surface area contributed by atoms with Gasteiger partial charge in [0.05, 0.1) is 18.6 Å². The van der Waals surface area contributed by atoms with E-state index in [-0.39, 0.29) is 18.3 Å². The Morgan fingerprint density at radius 1 is 1.22 bits per heavy atom. The third-order valence-corrected chi connectivity index (χ3v) is 4.44. The molecule has 0 unspecified atom stereocenters. The molecule has 0 radical (unpaired) electrons. The summed E-state index contributed by atoms with van der Waals surface area (Å²) in [4.78, 5) is 16.5. The second-order valence-corrected chi connectivity index (χ2v) is 6.65. The number of aromatic amines is 1. The van der Waals surface area contributed by atoms with Gasteiger partial charge in [0.1, 0.15) is 18.1 Å². The van der Waals surface area contributed by atoms with Crippen LogP contribution in [0.15, 0.2) is 53.7 Å². The fraction of sp³-hybridized carbons (Fsp3) is 0.211. The van der Waals surface area contributed by atoms with Crippen LogP contribution in [0.25, 0.3) is 0 Å². The number of hydrogen-bond donors (Lipinski definition) is 2. The number of aryl methyl sites for hydroxylation is 1. The number of rotatable bonds is 8. The van der Waals surface area contributed by atoms with Crippen molar-refractivity contribution in [1.29, 1.82) is 0 Å². The van der Waals surface area contributed by atoms with E-state index in [4.69, 9.17) is 9.47 Å². The monoisotopic (exact) mass is 384 g/mol. The number of carbonyl (C=O) groups is 1. The molecule has 0 fully saturated rings. The molecule has 7 nitrogen and oxygen atoms in total. The molecule has 0 aliphatic carbocycles. The van der Waals surface area contributed by atoms with Crippen LogP contribution in [0, 0.1) is 6.92 Å². The van der Waals surface area contributed by atoms with Gasteiger partial charge in [0.25, 0.3) is 0 Å². The first kappa shape index (κ1) is 18.8. The van der Waals surface area contributed by atoms with E-state index in [0.29, 0.717) is 22.4 Å². The van der Waals surface area contributed by atoms with Gasteiger partial charge in [0.15, 0.2) is 5.82 Å². The Morgan fingerprint density at radius 3 is 2.81 bits per heavy atom. The summed E-state index contributed by atoms with van der Waals surface area (Å²) in [7, 11) is 1.57. The van der Waals surface area contributed by atoms with E-state index in [1.54, 1.807) is 7.11 Å². The molecule has 1 amide bonds. The summed E-state index contributed by atoms with van der Waals surface area (Å²) in [6.07, 6.45) is 0. The number of ether oxygens (including phenoxy) is 2. The highest BCUT2D eigenvalue weighted by Gasteiger charge is 2.11. The highest BCUT2D eigenvalue weighted by Crippen LogP contribution is 2.25. The minimum absolute atomic E-state index is 0.157. The molecule has 3 aromatic rings. The summed E-state index contributed by atoms with van der Waals surface area (Å²) >= 11 is 1.25. The van der Waals surface area contributed by atoms with Gasteiger partial charge in [0.2, 0.25) is 11.1 Å². The second-order valence-electron chi connectivity index (χ2n) is 5.71. The normalized spacial score (nSPS) is 10.4. The van der Waals surface area contributed by atoms with E-state index < -0.39 is 0 Å². The van der Waals surface area contributed by atoms with Gasteiger partial charge < -0.3 is 14.8 Å². The first-order valence-electron chi connectivity index (χ1n) is 8.30. The molecule has 0 aliphatic rings. The van der Waals surface area contributed by atoms with E-state index in [2.05, 4.69) is 20.5 Å². The maximum Gasteiger partial charge on any atom is 0.234 e. The van der Waals surface area contributed by atoms with Gasteiger partial charge in [-0.1, -0.05) is 36.0 Å². The minimum Gasteiger partial charge on any atom is -0.495 e. The van der Waals surface area contributed by atoms with Crippen LogP contribution >= 0.6 is 11.8 Å². The molecule has 3 rings (SSSR count). The van der Waals surface area contributed by atoms with E-state index in [9.17, 15) is 4.79 Å². The van der Waals surface area contributed by atoms with Gasteiger partial charge in [-0.05, 0) is 36.8 Å². The quantitative estimate of drug-likeness (QED) is 0.579. The van der Waals surface area contributed by atoms with Gasteiger partial charge in [-0.25, -0.2) is 4.98 Å². The number of amides is 1. The van der Waals surface area contributed by atoms with Crippen molar-refractivity contribution in [3.05, 3.63) is 59.9 Å². The Kier molecular flexibility index (Phi) is 6.32. The molecule has 2 N–H and O–H groups in total. The predicted molar refractivity (Wildman–Crippen MR) is 104 cm³/mol. The van der Waals surface area contributed by atoms with E-state index >= 15 is 0 Å². The molecule has 140 valence electrons. The lowest BCUT2D eigenvalue weighted by Gasteiger charge is -2.10. The number of hydrogen-bond acceptors (Lipinski definition) is 6. The molecule has 1 heterocycles. The van der Waals surface area contributed by atoms with Gasteiger partial charge in [-0.3, -0.25) is 9.89 Å². The number of nitrogens with zero attached hydrogens (tertiary/aromatic N) is 2. The topological polar surface area (TPSA) is 89.1 Å². The fourth-order valence-electron chi connectivity index (χ4n) is 2.31. The number of carbonyl (C=O) groups excluding carboxylic acids is 1. The largest absolute Gasteiger partial charge is 0.495 e. The number of para-hydroxylation sites is 1. The molecule has 0 aliphatic heterocycles. The Bertz CT molecular complexity index is 899. The van der Waals surface area contributed by atoms with E-state index in [1.165, 1.54) is 11.8 Å². The van der Waals surface area contributed by atoms with E-state index in [0.717, 1.165) is 11.3 Å². The molecule has 0 bridgehead atoms. The number of aromatic nitrogens is 3. The highest BCUT2D eigenvalue weighted by atomic mass is 32.2. The zero-order chi connectivity index (χ0) is 19.1. The van der Waals surface area contributed by atoms with Crippen molar-refractivity contribution in [3.8, 4) is 11.5 Å². The Hall–Kier alpha value is -3.00. The van der Waals surface area contributed by atoms with Crippen LogP contribution in [-0.4, -0.2) is 34.0 Å². The van der Waals surface area contributed by atoms with Crippen molar-refractivity contribution < 1.29 is 14.3 Å². The number of thioether (sulfide) groups is 1. The molecular formula is C19H20N4O3S. The zero-order valence-corrected chi connectivity index (χ0v) is 15.9. The fourth-order valence-corrected chi connectivity index (χ4v) is 2.93. The average molecular weight is 384 g/mol. The summed E-state index contributed by atoms with van der Waals surface area (Å²) < 4.78 is 10.9. The third kappa shape index (κ3) is 5.49. The Labute approximate surface area is 161 Å². The number of nitrogens with one attached hydrogen (secondary N) is 2. The SMILES string of the molecule is COc1ccc(C)cc1NC(=O)CSc1n[nH]c(COc2ccccc2)n1. The molecule has 8 heteroatoms. The smallest absolute Gasteiger partial charge is 0.234 e. The molecule has 2 aromatic carbocycles. The molecule has 0 spiro atoms. The molecule has 27 heavy (non-hydrogen) atoms. The molecule has 1 aromatic heterocycles. The lowest BCUT2D eigenvalue weighted by atomic mass is 10.2. The number of anilines is 1. The molecular weight excluding hydrogens is 364 g/mol. The summed E-state index contributed by atoms with van der Waals surface area (Å²) in [6, 6.07) is 15.1. The van der Waals surface area contributed by atoms with Crippen LogP contribution in [-0.2, 0) is 11.4 Å². The van der Waals surface area contributed by atoms with Crippen molar-refractivity contribution in [3.63, 3.8) is 0 Å². The van der Waals surface area contributed by atoms with Crippen molar-refractivity contribution in [2.75, 3.05) is 18.2 Å². The van der Waals surface area contributed by atoms with Gasteiger partial charge in [-0.2, -0.15) is 0 Å². The summed E-state index contributed by atoms with van der Waals surface area (Å²) in [5.74, 6) is 2.01. The summed E-state index contributed by atoms with van der Waals surface area (Å²) in [5, 5.41) is 10.3. The van der Waals surface area contributed by atoms with Crippen LogP contribution in [0.4, 0.5) is 5.69 Å². The van der Waals surface area contributed by atoms with Crippen molar-refractivity contribution in [1.82, 2.24) is 15.2 Å². The van der Waals surface area contributed by atoms with Crippen LogP contribution in [0.2, 0.25) is 0 Å². The Balaban J connectivity index is 1.49. The third-order valence-electron chi connectivity index (χ3n) is 3.59. The molecule has 0 saturated carbocycles. The second kappa shape index (κ2) is 9.09. The van der Waals surface area contributed by atoms with Gasteiger partial charge >= 0.3 is 0 Å². The predicted octanol–water partition coefficient (Wildman–Crippen LogP) is 3.43. The Morgan fingerprint density at radius 2 is 2.04 bits per heavy atom. The average Bonchev–Trinajstić information content (AvgIpc) is 3.14. The van der Waals surface area contributed by atoms with Crippen LogP contribution in [0.5, 0.6) is 11.5 Å². The number of H-pyrrole nitrogens is 1. The first-order valence-corrected chi connectivity index (χ1v) is 9.29. The van der Waals surface area contributed by atoms with Crippen LogP contribution in [0.1, 0.15) is 11.4 Å². The summed E-state index contributed by atoms with van der Waals surface area (Å²) in [5.41, 5.74) is 1.69. The van der Waals surface area contributed by atoms with E-state index in [1.807, 2.05) is 55.5 Å². The standard InChI is InChI=1S/C19H20N4O3S/c1-13-8-9-16(25-2)15(10-13)20-18(24)12-27-19-21-17(22-23-19)11-26-14-6-4-3-5-7-14/h3-10H,11-12H2,1-2H3,(H,20,24)(H,21,22,23). The number of benzene rings is 2.